The van der Waals surface area contributed by atoms with Crippen LogP contribution in [0.2, 0.25) is 0 Å². The molecule has 130 valence electrons. The largest absolute Gasteiger partial charge is 0.342 e. The minimum atomic E-state index is 0.247. The van der Waals surface area contributed by atoms with Crippen LogP contribution in [-0.4, -0.2) is 43.8 Å². The van der Waals surface area contributed by atoms with Crippen LogP contribution in [0.5, 0.6) is 0 Å². The number of carbonyl (C=O) groups excluding carboxylic acids is 1. The molecular formula is C18H22N6O. The van der Waals surface area contributed by atoms with E-state index in [1.807, 2.05) is 11.0 Å². The Bertz CT molecular complexity index is 731. The predicted octanol–water partition coefficient (Wildman–Crippen LogP) is 2.52. The van der Waals surface area contributed by atoms with E-state index in [4.69, 9.17) is 0 Å². The molecule has 1 amide bonds. The topological polar surface area (TPSA) is 83.9 Å². The van der Waals surface area contributed by atoms with E-state index >= 15 is 0 Å². The van der Waals surface area contributed by atoms with Gasteiger partial charge in [0.05, 0.1) is 5.69 Å². The van der Waals surface area contributed by atoms with Crippen molar-refractivity contribution in [2.24, 2.45) is 5.92 Å². The molecule has 0 aromatic carbocycles. The zero-order chi connectivity index (χ0) is 17.1. The quantitative estimate of drug-likeness (QED) is 0.922. The molecule has 2 fully saturated rings. The van der Waals surface area contributed by atoms with E-state index in [0.717, 1.165) is 38.0 Å². The highest BCUT2D eigenvalue weighted by Gasteiger charge is 2.33. The third-order valence-electron chi connectivity index (χ3n) is 5.09. The second-order valence-corrected chi connectivity index (χ2v) is 6.75. The Morgan fingerprint density at radius 3 is 2.60 bits per heavy atom. The number of rotatable bonds is 4. The number of likely N-dealkylation sites (tertiary alicyclic amines) is 1. The average Bonchev–Trinajstić information content (AvgIpc) is 3.34. The summed E-state index contributed by atoms with van der Waals surface area (Å²) in [6.45, 7) is 1.59. The van der Waals surface area contributed by atoms with Gasteiger partial charge in [0.1, 0.15) is 0 Å². The van der Waals surface area contributed by atoms with Crippen molar-refractivity contribution >= 4 is 17.8 Å². The van der Waals surface area contributed by atoms with Gasteiger partial charge in [-0.1, -0.05) is 12.8 Å². The van der Waals surface area contributed by atoms with Gasteiger partial charge in [-0.3, -0.25) is 10.1 Å². The molecule has 1 saturated heterocycles. The monoisotopic (exact) mass is 338 g/mol. The maximum Gasteiger partial charge on any atom is 0.229 e. The molecule has 2 aliphatic rings. The number of nitrogens with one attached hydrogen (secondary N) is 1. The first-order valence-corrected chi connectivity index (χ1v) is 8.95. The summed E-state index contributed by atoms with van der Waals surface area (Å²) in [5, 5.41) is 3.02. The van der Waals surface area contributed by atoms with Gasteiger partial charge in [-0.25, -0.2) is 19.9 Å². The zero-order valence-electron chi connectivity index (χ0n) is 14.1. The molecule has 1 aliphatic carbocycles. The number of nitrogens with zero attached hydrogens (tertiary/aromatic N) is 5. The Hall–Kier alpha value is -2.57. The van der Waals surface area contributed by atoms with Crippen molar-refractivity contribution in [3.63, 3.8) is 0 Å². The van der Waals surface area contributed by atoms with Crippen LogP contribution in [0, 0.1) is 5.92 Å². The van der Waals surface area contributed by atoms with Crippen molar-refractivity contribution in [2.45, 2.75) is 38.0 Å². The van der Waals surface area contributed by atoms with Gasteiger partial charge in [0, 0.05) is 43.5 Å². The highest BCUT2D eigenvalue weighted by Crippen LogP contribution is 2.31. The van der Waals surface area contributed by atoms with Gasteiger partial charge in [-0.05, 0) is 31.4 Å². The Morgan fingerprint density at radius 2 is 1.80 bits per heavy atom. The van der Waals surface area contributed by atoms with Crippen LogP contribution in [0.15, 0.2) is 30.7 Å². The minimum Gasteiger partial charge on any atom is -0.342 e. The molecule has 3 heterocycles. The molecule has 0 unspecified atom stereocenters. The molecule has 4 rings (SSSR count). The lowest BCUT2D eigenvalue weighted by atomic mass is 10.0. The third kappa shape index (κ3) is 3.60. The molecule has 2 aromatic rings. The van der Waals surface area contributed by atoms with Gasteiger partial charge < -0.3 is 4.90 Å². The molecule has 1 aliphatic heterocycles. The van der Waals surface area contributed by atoms with Crippen molar-refractivity contribution in [2.75, 3.05) is 18.4 Å². The first-order chi connectivity index (χ1) is 12.3. The van der Waals surface area contributed by atoms with E-state index in [9.17, 15) is 4.79 Å². The van der Waals surface area contributed by atoms with E-state index in [1.54, 1.807) is 24.7 Å². The zero-order valence-corrected chi connectivity index (χ0v) is 14.1. The normalized spacial score (nSPS) is 20.8. The number of anilines is 2. The Kier molecular flexibility index (Phi) is 4.54. The summed E-state index contributed by atoms with van der Waals surface area (Å²) in [5.74, 6) is 1.82. The number of hydrogen-bond donors (Lipinski definition) is 1. The predicted molar refractivity (Wildman–Crippen MR) is 93.2 cm³/mol. The summed E-state index contributed by atoms with van der Waals surface area (Å²) < 4.78 is 0. The smallest absolute Gasteiger partial charge is 0.229 e. The standard InChI is InChI=1S/C18H22N6O/c25-16(13-4-1-2-5-13)24-11-7-14(12-24)15-6-10-21-18(22-15)23-17-19-8-3-9-20-17/h3,6,8-10,13-14H,1-2,4-5,7,11-12H2,(H,19,20,21,22,23)/t14-/m0/s1. The molecule has 2 aromatic heterocycles. The van der Waals surface area contributed by atoms with Gasteiger partial charge in [0.2, 0.25) is 17.8 Å². The third-order valence-corrected chi connectivity index (χ3v) is 5.09. The fourth-order valence-electron chi connectivity index (χ4n) is 3.76. The summed E-state index contributed by atoms with van der Waals surface area (Å²) in [6, 6.07) is 3.70. The minimum absolute atomic E-state index is 0.247. The molecule has 0 radical (unpaired) electrons. The first-order valence-electron chi connectivity index (χ1n) is 8.95. The van der Waals surface area contributed by atoms with Crippen LogP contribution in [0.3, 0.4) is 0 Å². The molecular weight excluding hydrogens is 316 g/mol. The van der Waals surface area contributed by atoms with Gasteiger partial charge in [-0.2, -0.15) is 0 Å². The summed E-state index contributed by atoms with van der Waals surface area (Å²) in [4.78, 5) is 31.7. The van der Waals surface area contributed by atoms with Crippen molar-refractivity contribution in [1.29, 1.82) is 0 Å². The second kappa shape index (κ2) is 7.13. The maximum absolute atomic E-state index is 12.6. The van der Waals surface area contributed by atoms with Crippen LogP contribution in [0.1, 0.15) is 43.7 Å². The van der Waals surface area contributed by atoms with Crippen LogP contribution in [-0.2, 0) is 4.79 Å². The lowest BCUT2D eigenvalue weighted by Gasteiger charge is -2.20. The molecule has 1 saturated carbocycles. The molecule has 25 heavy (non-hydrogen) atoms. The molecule has 7 nitrogen and oxygen atoms in total. The SMILES string of the molecule is O=C(C1CCCC1)N1CC[C@H](c2ccnc(Nc3ncccn3)n2)C1. The van der Waals surface area contributed by atoms with Gasteiger partial charge in [0.25, 0.3) is 0 Å². The van der Waals surface area contributed by atoms with Crippen LogP contribution in [0.25, 0.3) is 0 Å². The lowest BCUT2D eigenvalue weighted by Crippen LogP contribution is -2.33. The second-order valence-electron chi connectivity index (χ2n) is 6.75. The molecule has 0 bridgehead atoms. The maximum atomic E-state index is 12.6. The highest BCUT2D eigenvalue weighted by atomic mass is 16.2. The van der Waals surface area contributed by atoms with E-state index in [1.165, 1.54) is 12.8 Å². The summed E-state index contributed by atoms with van der Waals surface area (Å²) >= 11 is 0. The van der Waals surface area contributed by atoms with E-state index in [-0.39, 0.29) is 11.8 Å². The van der Waals surface area contributed by atoms with Crippen molar-refractivity contribution in [3.05, 3.63) is 36.4 Å². The van der Waals surface area contributed by atoms with Crippen LogP contribution >= 0.6 is 0 Å². The Balaban J connectivity index is 1.42. The number of aromatic nitrogens is 4. The van der Waals surface area contributed by atoms with Crippen LogP contribution < -0.4 is 5.32 Å². The van der Waals surface area contributed by atoms with Crippen molar-refractivity contribution in [3.8, 4) is 0 Å². The van der Waals surface area contributed by atoms with Gasteiger partial charge >= 0.3 is 0 Å². The lowest BCUT2D eigenvalue weighted by molar-refractivity contribution is -0.134. The molecule has 1 N–H and O–H groups in total. The Morgan fingerprint density at radius 1 is 1.04 bits per heavy atom. The summed E-state index contributed by atoms with van der Waals surface area (Å²) in [6.07, 6.45) is 10.5. The molecule has 0 spiro atoms. The van der Waals surface area contributed by atoms with Crippen molar-refractivity contribution < 1.29 is 4.79 Å². The molecule has 1 atom stereocenters. The highest BCUT2D eigenvalue weighted by molar-refractivity contribution is 5.79. The van der Waals surface area contributed by atoms with Gasteiger partial charge in [-0.15, -0.1) is 0 Å². The average molecular weight is 338 g/mol. The van der Waals surface area contributed by atoms with Gasteiger partial charge in [0.15, 0.2) is 0 Å². The fourth-order valence-corrected chi connectivity index (χ4v) is 3.76. The summed E-state index contributed by atoms with van der Waals surface area (Å²) in [5.41, 5.74) is 0.968. The van der Waals surface area contributed by atoms with E-state index < -0.39 is 0 Å². The van der Waals surface area contributed by atoms with Crippen molar-refractivity contribution in [1.82, 2.24) is 24.8 Å². The number of amides is 1. The fraction of sp³-hybridized carbons (Fsp3) is 0.500. The van der Waals surface area contributed by atoms with Crippen LogP contribution in [0.4, 0.5) is 11.9 Å². The number of carbonyl (C=O) groups is 1. The number of hydrogen-bond acceptors (Lipinski definition) is 6. The first kappa shape index (κ1) is 15.9. The Labute approximate surface area is 146 Å². The van der Waals surface area contributed by atoms with E-state index in [2.05, 4.69) is 25.3 Å². The molecule has 7 heteroatoms. The summed E-state index contributed by atoms with van der Waals surface area (Å²) in [7, 11) is 0. The van der Waals surface area contributed by atoms with E-state index in [0.29, 0.717) is 17.8 Å².